The van der Waals surface area contributed by atoms with E-state index in [9.17, 15) is 61.5 Å². The van der Waals surface area contributed by atoms with E-state index in [1.807, 2.05) is 5.10 Å². The third-order valence-electron chi connectivity index (χ3n) is 3.18. The van der Waals surface area contributed by atoms with Crippen molar-refractivity contribution in [1.29, 1.82) is 0 Å². The summed E-state index contributed by atoms with van der Waals surface area (Å²) in [7, 11) is 0. The Morgan fingerprint density at radius 3 is 1.36 bits per heavy atom. The zero-order valence-corrected chi connectivity index (χ0v) is 12.2. The molecule has 0 saturated heterocycles. The van der Waals surface area contributed by atoms with Crippen LogP contribution in [0.2, 0.25) is 0 Å². The fraction of sp³-hybridized carbons (Fsp3) is 0.250. The molecule has 0 spiro atoms. The summed E-state index contributed by atoms with van der Waals surface area (Å²) in [5.41, 5.74) is -9.73. The Labute approximate surface area is 143 Å². The minimum absolute atomic E-state index is 1.66. The highest BCUT2D eigenvalue weighted by atomic mass is 19.4. The molecular formula is C12F14N2. The van der Waals surface area contributed by atoms with Gasteiger partial charge in [-0.2, -0.15) is 39.5 Å². The van der Waals surface area contributed by atoms with Crippen molar-refractivity contribution >= 4 is 0 Å². The average molecular weight is 438 g/mol. The molecule has 0 aliphatic heterocycles. The Bertz CT molecular complexity index is 907. The Hall–Kier alpha value is -2.55. The van der Waals surface area contributed by atoms with Crippen LogP contribution in [-0.2, 0) is 12.1 Å². The quantitative estimate of drug-likeness (QED) is 0.350. The maximum Gasteiger partial charge on any atom is 0.459 e. The van der Waals surface area contributed by atoms with Crippen LogP contribution in [0.3, 0.4) is 0 Å². The molecule has 0 saturated carbocycles. The van der Waals surface area contributed by atoms with Crippen molar-refractivity contribution in [1.82, 2.24) is 9.78 Å². The van der Waals surface area contributed by atoms with Crippen LogP contribution in [0.25, 0.3) is 5.69 Å². The van der Waals surface area contributed by atoms with Crippen LogP contribution >= 0.6 is 0 Å². The molecule has 0 N–H and O–H groups in total. The summed E-state index contributed by atoms with van der Waals surface area (Å²) >= 11 is 0. The SMILES string of the molecule is Fc1nn(-c2c(F)c(F)c(F)c(F)c2F)c(C(F)(F)C(F)(F)F)c1C(F)(F)F. The molecule has 2 aromatic rings. The second kappa shape index (κ2) is 6.23. The lowest BCUT2D eigenvalue weighted by Gasteiger charge is -2.23. The van der Waals surface area contributed by atoms with Crippen LogP contribution in [0, 0.1) is 35.0 Å². The fourth-order valence-electron chi connectivity index (χ4n) is 2.01. The first-order valence-corrected chi connectivity index (χ1v) is 6.27. The van der Waals surface area contributed by atoms with Gasteiger partial charge in [-0.15, -0.1) is 5.10 Å². The van der Waals surface area contributed by atoms with E-state index < -0.39 is 74.9 Å². The molecule has 0 radical (unpaired) electrons. The molecule has 1 aromatic carbocycles. The van der Waals surface area contributed by atoms with Gasteiger partial charge in [-0.05, 0) is 0 Å². The van der Waals surface area contributed by atoms with E-state index in [4.69, 9.17) is 0 Å². The van der Waals surface area contributed by atoms with E-state index in [1.54, 1.807) is 0 Å². The third kappa shape index (κ3) is 3.03. The Kier molecular flexibility index (Phi) is 4.84. The van der Waals surface area contributed by atoms with Crippen molar-refractivity contribution < 1.29 is 61.5 Å². The molecule has 156 valence electrons. The predicted molar refractivity (Wildman–Crippen MR) is 58.3 cm³/mol. The minimum atomic E-state index is -6.90. The summed E-state index contributed by atoms with van der Waals surface area (Å²) < 4.78 is 182. The molecule has 0 aliphatic rings. The molecule has 0 atom stereocenters. The van der Waals surface area contributed by atoms with Crippen molar-refractivity contribution in [3.63, 3.8) is 0 Å². The van der Waals surface area contributed by atoms with Crippen molar-refractivity contribution in [2.24, 2.45) is 0 Å². The molecule has 28 heavy (non-hydrogen) atoms. The lowest BCUT2D eigenvalue weighted by atomic mass is 10.1. The zero-order chi connectivity index (χ0) is 22.0. The second-order valence-electron chi connectivity index (χ2n) is 4.91. The highest BCUT2D eigenvalue weighted by molar-refractivity contribution is 5.42. The molecule has 1 heterocycles. The lowest BCUT2D eigenvalue weighted by molar-refractivity contribution is -0.293. The summed E-state index contributed by atoms with van der Waals surface area (Å²) in [5.74, 6) is -24.8. The van der Waals surface area contributed by atoms with Gasteiger partial charge in [-0.3, -0.25) is 0 Å². The van der Waals surface area contributed by atoms with Crippen LogP contribution in [-0.4, -0.2) is 16.0 Å². The van der Waals surface area contributed by atoms with Crippen molar-refractivity contribution in [3.8, 4) is 5.69 Å². The molecule has 0 unspecified atom stereocenters. The van der Waals surface area contributed by atoms with E-state index in [2.05, 4.69) is 0 Å². The number of aromatic nitrogens is 2. The third-order valence-corrected chi connectivity index (χ3v) is 3.18. The van der Waals surface area contributed by atoms with Crippen molar-refractivity contribution in [2.45, 2.75) is 18.3 Å². The van der Waals surface area contributed by atoms with Gasteiger partial charge in [0.2, 0.25) is 11.8 Å². The number of hydrogen-bond donors (Lipinski definition) is 0. The largest absolute Gasteiger partial charge is 0.459 e. The first kappa shape index (κ1) is 21.7. The summed E-state index contributed by atoms with van der Waals surface area (Å²) in [6.07, 6.45) is -13.2. The van der Waals surface area contributed by atoms with Gasteiger partial charge in [0, 0.05) is 0 Å². The standard InChI is InChI=1S/C12F14N2/c13-2-3(14)5(16)7(6(17)4(2)15)28-8(10(19,20)12(24,25)26)1(9(18)27-28)11(21,22)23. The van der Waals surface area contributed by atoms with Gasteiger partial charge in [-0.1, -0.05) is 0 Å². The Morgan fingerprint density at radius 2 is 1.00 bits per heavy atom. The van der Waals surface area contributed by atoms with Crippen LogP contribution < -0.4 is 0 Å². The summed E-state index contributed by atoms with van der Waals surface area (Å²) in [6.45, 7) is 0. The molecule has 0 bridgehead atoms. The molecular weight excluding hydrogens is 438 g/mol. The van der Waals surface area contributed by atoms with Gasteiger partial charge >= 0.3 is 18.3 Å². The highest BCUT2D eigenvalue weighted by Gasteiger charge is 2.65. The van der Waals surface area contributed by atoms with Crippen LogP contribution in [0.1, 0.15) is 11.3 Å². The van der Waals surface area contributed by atoms with Gasteiger partial charge in [0.1, 0.15) is 16.9 Å². The predicted octanol–water partition coefficient (Wildman–Crippen LogP) is 5.38. The van der Waals surface area contributed by atoms with E-state index in [1.165, 1.54) is 0 Å². The maximum absolute atomic E-state index is 13.7. The molecule has 2 nitrogen and oxygen atoms in total. The topological polar surface area (TPSA) is 17.8 Å². The van der Waals surface area contributed by atoms with Crippen molar-refractivity contribution in [2.75, 3.05) is 0 Å². The molecule has 0 amide bonds. The minimum Gasteiger partial charge on any atom is -0.221 e. The van der Waals surface area contributed by atoms with Crippen molar-refractivity contribution in [3.05, 3.63) is 46.3 Å². The van der Waals surface area contributed by atoms with Gasteiger partial charge in [-0.25, -0.2) is 26.6 Å². The van der Waals surface area contributed by atoms with E-state index in [-0.39, 0.29) is 0 Å². The van der Waals surface area contributed by atoms with E-state index in [0.29, 0.717) is 0 Å². The molecule has 2 rings (SSSR count). The van der Waals surface area contributed by atoms with Gasteiger partial charge in [0.15, 0.2) is 23.3 Å². The van der Waals surface area contributed by atoms with E-state index in [0.717, 1.165) is 0 Å². The Morgan fingerprint density at radius 1 is 0.607 bits per heavy atom. The Balaban J connectivity index is 3.09. The first-order valence-electron chi connectivity index (χ1n) is 6.27. The monoisotopic (exact) mass is 438 g/mol. The second-order valence-corrected chi connectivity index (χ2v) is 4.91. The number of halogens is 14. The highest BCUT2D eigenvalue weighted by Crippen LogP contribution is 2.49. The molecule has 16 heteroatoms. The smallest absolute Gasteiger partial charge is 0.221 e. The summed E-state index contributed by atoms with van der Waals surface area (Å²) in [6, 6.07) is 0. The fourth-order valence-corrected chi connectivity index (χ4v) is 2.01. The summed E-state index contributed by atoms with van der Waals surface area (Å²) in [4.78, 5) is 0. The number of alkyl halides is 8. The number of nitrogens with zero attached hydrogens (tertiary/aromatic N) is 2. The van der Waals surface area contributed by atoms with Gasteiger partial charge < -0.3 is 0 Å². The van der Waals surface area contributed by atoms with Crippen LogP contribution in [0.5, 0.6) is 0 Å². The molecule has 0 aliphatic carbocycles. The first-order chi connectivity index (χ1) is 12.4. The van der Waals surface area contributed by atoms with Gasteiger partial charge in [0.25, 0.3) is 0 Å². The molecule has 0 fully saturated rings. The van der Waals surface area contributed by atoms with E-state index >= 15 is 0 Å². The zero-order valence-electron chi connectivity index (χ0n) is 12.2. The summed E-state index contributed by atoms with van der Waals surface area (Å²) in [5, 5.41) is 1.87. The average Bonchev–Trinajstić information content (AvgIpc) is 2.88. The molecule has 1 aromatic heterocycles. The van der Waals surface area contributed by atoms with Crippen LogP contribution in [0.4, 0.5) is 61.5 Å². The number of rotatable bonds is 2. The number of benzene rings is 1. The normalized spacial score (nSPS) is 13.4. The van der Waals surface area contributed by atoms with Gasteiger partial charge in [0.05, 0.1) is 0 Å². The lowest BCUT2D eigenvalue weighted by Crippen LogP contribution is -2.38. The maximum atomic E-state index is 13.7. The number of hydrogen-bond acceptors (Lipinski definition) is 1. The van der Waals surface area contributed by atoms with Crippen LogP contribution in [0.15, 0.2) is 0 Å².